The number of imidazole rings is 1. The molecule has 11 heavy (non-hydrogen) atoms. The second-order valence-corrected chi connectivity index (χ2v) is 2.05. The molecule has 6 heteroatoms. The lowest BCUT2D eigenvalue weighted by molar-refractivity contribution is 1.17. The molecule has 0 bridgehead atoms. The van der Waals surface area contributed by atoms with Crippen molar-refractivity contribution in [1.29, 1.82) is 0 Å². The van der Waals surface area contributed by atoms with Gasteiger partial charge in [0.25, 0.3) is 5.56 Å². The summed E-state index contributed by atoms with van der Waals surface area (Å²) in [6.45, 7) is 0. The minimum absolute atomic E-state index is 0.0783. The van der Waals surface area contributed by atoms with Crippen LogP contribution in [0.1, 0.15) is 0 Å². The maximum absolute atomic E-state index is 11.0. The van der Waals surface area contributed by atoms with Crippen molar-refractivity contribution >= 4 is 17.1 Å². The first-order valence-corrected chi connectivity index (χ1v) is 2.96. The van der Waals surface area contributed by atoms with E-state index in [9.17, 15) is 4.79 Å². The smallest absolute Gasteiger partial charge is 0.278 e. The Morgan fingerprint density at radius 2 is 2.36 bits per heavy atom. The SMILES string of the molecule is Nc1nc2nc[nH]c2c(=[17O])[nH]1. The highest BCUT2D eigenvalue weighted by Crippen LogP contribution is 1.98. The summed E-state index contributed by atoms with van der Waals surface area (Å²) < 4.78 is 0. The Morgan fingerprint density at radius 3 is 3.18 bits per heavy atom. The summed E-state index contributed by atoms with van der Waals surface area (Å²) in [6.07, 6.45) is 1.40. The number of nitrogens with zero attached hydrogens (tertiary/aromatic N) is 2. The number of nitrogens with one attached hydrogen (secondary N) is 2. The lowest BCUT2D eigenvalue weighted by Crippen LogP contribution is -2.10. The molecule has 2 aromatic rings. The maximum Gasteiger partial charge on any atom is 0.278 e. The number of rotatable bonds is 0. The van der Waals surface area contributed by atoms with Gasteiger partial charge in [-0.3, -0.25) is 9.78 Å². The van der Waals surface area contributed by atoms with Crippen LogP contribution in [-0.2, 0) is 0 Å². The molecule has 0 saturated carbocycles. The van der Waals surface area contributed by atoms with Crippen LogP contribution >= 0.6 is 0 Å². The Hall–Kier alpha value is -1.85. The van der Waals surface area contributed by atoms with Gasteiger partial charge in [-0.1, -0.05) is 0 Å². The zero-order valence-corrected chi connectivity index (χ0v) is 5.46. The topological polar surface area (TPSA) is 100 Å². The zero-order valence-electron chi connectivity index (χ0n) is 5.46. The van der Waals surface area contributed by atoms with Crippen LogP contribution in [-0.4, -0.2) is 19.9 Å². The highest BCUT2D eigenvalue weighted by Gasteiger charge is 2.01. The summed E-state index contributed by atoms with van der Waals surface area (Å²) >= 11 is 0. The number of aromatic amines is 2. The first kappa shape index (κ1) is 5.90. The van der Waals surface area contributed by atoms with Gasteiger partial charge < -0.3 is 10.7 Å². The molecule has 6 nitrogen and oxygen atoms in total. The fourth-order valence-corrected chi connectivity index (χ4v) is 0.860. The molecule has 2 rings (SSSR count). The van der Waals surface area contributed by atoms with Crippen LogP contribution in [0.2, 0.25) is 0 Å². The van der Waals surface area contributed by atoms with Crippen LogP contribution < -0.4 is 11.3 Å². The van der Waals surface area contributed by atoms with Crippen molar-refractivity contribution in [2.75, 3.05) is 5.73 Å². The van der Waals surface area contributed by atoms with Crippen LogP contribution in [0.5, 0.6) is 0 Å². The molecule has 0 atom stereocenters. The molecule has 0 aliphatic rings. The third-order valence-electron chi connectivity index (χ3n) is 1.31. The molecule has 0 spiro atoms. The number of fused-ring (bicyclic) bond motifs is 1. The molecular formula is C5H5N5O. The fourth-order valence-electron chi connectivity index (χ4n) is 0.860. The molecule has 0 amide bonds. The van der Waals surface area contributed by atoms with Crippen LogP contribution in [0.3, 0.4) is 0 Å². The van der Waals surface area contributed by atoms with E-state index in [2.05, 4.69) is 19.9 Å². The molecule has 0 saturated heterocycles. The molecular weight excluding hydrogens is 147 g/mol. The minimum atomic E-state index is -0.301. The molecule has 0 aromatic carbocycles. The minimum Gasteiger partial charge on any atom is -0.369 e. The summed E-state index contributed by atoms with van der Waals surface area (Å²) in [6, 6.07) is 0. The zero-order chi connectivity index (χ0) is 7.84. The van der Waals surface area contributed by atoms with Crippen molar-refractivity contribution in [3.05, 3.63) is 16.7 Å². The van der Waals surface area contributed by atoms with Gasteiger partial charge in [0.1, 0.15) is 0 Å². The van der Waals surface area contributed by atoms with Crippen molar-refractivity contribution in [2.24, 2.45) is 0 Å². The molecule has 0 fully saturated rings. The van der Waals surface area contributed by atoms with Gasteiger partial charge in [-0.2, -0.15) is 4.98 Å². The Kier molecular flexibility index (Phi) is 0.974. The highest BCUT2D eigenvalue weighted by atomic mass is 17.1. The standard InChI is InChI=1S/C5H5N5O/c6-5-9-3-2(4(11)10-5)7-1-8-3/h1H,(H4,6,7,8,9,10,11)/i11+1. The van der Waals surface area contributed by atoms with Gasteiger partial charge >= 0.3 is 0 Å². The molecule has 56 valence electrons. The van der Waals surface area contributed by atoms with Crippen molar-refractivity contribution in [3.8, 4) is 0 Å². The summed E-state index contributed by atoms with van der Waals surface area (Å²) in [7, 11) is 0. The number of nitrogens with two attached hydrogens (primary N) is 1. The third-order valence-corrected chi connectivity index (χ3v) is 1.31. The monoisotopic (exact) mass is 152 g/mol. The number of anilines is 1. The Morgan fingerprint density at radius 1 is 1.55 bits per heavy atom. The summed E-state index contributed by atoms with van der Waals surface area (Å²) in [5.74, 6) is 0.0783. The molecule has 2 aromatic heterocycles. The van der Waals surface area contributed by atoms with E-state index < -0.39 is 0 Å². The van der Waals surface area contributed by atoms with Crippen LogP contribution in [0.4, 0.5) is 5.95 Å². The van der Waals surface area contributed by atoms with E-state index in [0.29, 0.717) is 11.2 Å². The predicted molar refractivity (Wildman–Crippen MR) is 38.9 cm³/mol. The van der Waals surface area contributed by atoms with E-state index in [0.717, 1.165) is 0 Å². The predicted octanol–water partition coefficient (Wildman–Crippen LogP) is -0.772. The summed E-state index contributed by atoms with van der Waals surface area (Å²) in [5.41, 5.74) is 5.65. The van der Waals surface area contributed by atoms with Gasteiger partial charge in [0, 0.05) is 0 Å². The van der Waals surface area contributed by atoms with Crippen LogP contribution in [0.15, 0.2) is 11.1 Å². The van der Waals surface area contributed by atoms with E-state index in [1.54, 1.807) is 0 Å². The maximum atomic E-state index is 11.0. The molecule has 0 radical (unpaired) electrons. The van der Waals surface area contributed by atoms with Gasteiger partial charge in [-0.25, -0.2) is 4.98 Å². The number of aromatic nitrogens is 4. The first-order valence-electron chi connectivity index (χ1n) is 2.96. The van der Waals surface area contributed by atoms with Crippen molar-refractivity contribution in [1.82, 2.24) is 19.9 Å². The number of hydrogen-bond acceptors (Lipinski definition) is 4. The third kappa shape index (κ3) is 0.759. The molecule has 0 unspecified atom stereocenters. The van der Waals surface area contributed by atoms with Gasteiger partial charge in [0.05, 0.1) is 6.33 Å². The van der Waals surface area contributed by atoms with E-state index in [1.165, 1.54) is 6.33 Å². The Labute approximate surface area is 60.5 Å². The Balaban J connectivity index is 3.02. The van der Waals surface area contributed by atoms with E-state index in [-0.39, 0.29) is 11.5 Å². The van der Waals surface area contributed by atoms with Crippen LogP contribution in [0, 0.1) is 0 Å². The van der Waals surface area contributed by atoms with Crippen molar-refractivity contribution in [2.45, 2.75) is 0 Å². The largest absolute Gasteiger partial charge is 0.369 e. The molecule has 0 aliphatic carbocycles. The summed E-state index contributed by atoms with van der Waals surface area (Å²) in [5, 5.41) is 0. The molecule has 4 N–H and O–H groups in total. The van der Waals surface area contributed by atoms with E-state index in [4.69, 9.17) is 5.73 Å². The number of nitrogen functional groups attached to an aromatic ring is 1. The van der Waals surface area contributed by atoms with E-state index in [1.807, 2.05) is 0 Å². The van der Waals surface area contributed by atoms with Crippen LogP contribution in [0.25, 0.3) is 11.2 Å². The van der Waals surface area contributed by atoms with E-state index >= 15 is 0 Å². The average molecular weight is 152 g/mol. The first-order chi connectivity index (χ1) is 5.27. The van der Waals surface area contributed by atoms with Crippen molar-refractivity contribution in [3.63, 3.8) is 0 Å². The molecule has 0 aliphatic heterocycles. The lowest BCUT2D eigenvalue weighted by Gasteiger charge is -1.89. The van der Waals surface area contributed by atoms with Gasteiger partial charge in [0.2, 0.25) is 5.95 Å². The number of hydrogen-bond donors (Lipinski definition) is 3. The Bertz CT molecular complexity index is 441. The number of H-pyrrole nitrogens is 2. The quantitative estimate of drug-likeness (QED) is 0.461. The molecule has 2 heterocycles. The van der Waals surface area contributed by atoms with Gasteiger partial charge in [-0.15, -0.1) is 0 Å². The normalized spacial score (nSPS) is 10.5. The highest BCUT2D eigenvalue weighted by molar-refractivity contribution is 5.69. The lowest BCUT2D eigenvalue weighted by atomic mass is 10.5. The van der Waals surface area contributed by atoms with Gasteiger partial charge in [-0.05, 0) is 0 Å². The second-order valence-electron chi connectivity index (χ2n) is 2.05. The summed E-state index contributed by atoms with van der Waals surface area (Å²) in [4.78, 5) is 23.5. The fraction of sp³-hybridized carbons (Fsp3) is 0. The average Bonchev–Trinajstić information content (AvgIpc) is 2.34. The van der Waals surface area contributed by atoms with Gasteiger partial charge in [0.15, 0.2) is 11.2 Å². The van der Waals surface area contributed by atoms with Crippen molar-refractivity contribution < 1.29 is 0 Å². The second kappa shape index (κ2) is 1.82.